The average molecular weight is 653 g/mol. The number of pyridine rings is 1. The molecule has 0 aliphatic carbocycles. The molecule has 0 spiro atoms. The lowest BCUT2D eigenvalue weighted by molar-refractivity contribution is 0.670. The van der Waals surface area contributed by atoms with Gasteiger partial charge in [0.1, 0.15) is 11.2 Å². The largest absolute Gasteiger partial charge is 0.455 e. The van der Waals surface area contributed by atoms with E-state index < -0.39 is 0 Å². The smallest absolute Gasteiger partial charge is 0.164 e. The molecular formula is C46H28N4O. The van der Waals surface area contributed by atoms with Crippen molar-refractivity contribution < 1.29 is 4.42 Å². The van der Waals surface area contributed by atoms with Crippen LogP contribution in [0.4, 0.5) is 0 Å². The number of furan rings is 1. The predicted octanol–water partition coefficient (Wildman–Crippen LogP) is 11.8. The van der Waals surface area contributed by atoms with Crippen molar-refractivity contribution in [3.8, 4) is 56.4 Å². The SMILES string of the molecule is c1ccc(-c2ccc(-c3ccc(-c4nc(-c5ccccc5)nc(-c5ccc6ccccc6c5)n4)c4c3oc3cc5ccncc5cc34)cc2)cc1. The Hall–Kier alpha value is -6.98. The summed E-state index contributed by atoms with van der Waals surface area (Å²) in [6.45, 7) is 0. The van der Waals surface area contributed by atoms with E-state index in [0.29, 0.717) is 17.5 Å². The summed E-state index contributed by atoms with van der Waals surface area (Å²) in [6, 6.07) is 54.4. The number of nitrogens with zero attached hydrogens (tertiary/aromatic N) is 4. The van der Waals surface area contributed by atoms with Gasteiger partial charge in [-0.2, -0.15) is 0 Å². The summed E-state index contributed by atoms with van der Waals surface area (Å²) in [5, 5.41) is 6.34. The normalized spacial score (nSPS) is 11.5. The molecule has 0 N–H and O–H groups in total. The highest BCUT2D eigenvalue weighted by atomic mass is 16.3. The first-order valence-corrected chi connectivity index (χ1v) is 17.0. The molecule has 0 bridgehead atoms. The van der Waals surface area contributed by atoms with Crippen LogP contribution in [0.2, 0.25) is 0 Å². The molecule has 3 aromatic heterocycles. The van der Waals surface area contributed by atoms with Crippen LogP contribution in [0.15, 0.2) is 175 Å². The Kier molecular flexibility index (Phi) is 6.74. The maximum Gasteiger partial charge on any atom is 0.164 e. The van der Waals surface area contributed by atoms with Gasteiger partial charge in [0.2, 0.25) is 0 Å². The minimum Gasteiger partial charge on any atom is -0.455 e. The van der Waals surface area contributed by atoms with Gasteiger partial charge in [-0.25, -0.2) is 15.0 Å². The van der Waals surface area contributed by atoms with Crippen molar-refractivity contribution in [1.29, 1.82) is 0 Å². The van der Waals surface area contributed by atoms with Crippen LogP contribution >= 0.6 is 0 Å². The second-order valence-electron chi connectivity index (χ2n) is 12.7. The molecule has 0 atom stereocenters. The minimum absolute atomic E-state index is 0.581. The quantitative estimate of drug-likeness (QED) is 0.185. The zero-order valence-corrected chi connectivity index (χ0v) is 27.4. The second-order valence-corrected chi connectivity index (χ2v) is 12.7. The van der Waals surface area contributed by atoms with Crippen LogP contribution in [0.5, 0.6) is 0 Å². The highest BCUT2D eigenvalue weighted by Crippen LogP contribution is 2.43. The number of hydrogen-bond donors (Lipinski definition) is 0. The van der Waals surface area contributed by atoms with Crippen molar-refractivity contribution in [2.45, 2.75) is 0 Å². The van der Waals surface area contributed by atoms with E-state index in [1.807, 2.05) is 54.9 Å². The molecule has 0 aliphatic rings. The molecular weight excluding hydrogens is 625 g/mol. The van der Waals surface area contributed by atoms with E-state index >= 15 is 0 Å². The van der Waals surface area contributed by atoms with E-state index in [1.165, 1.54) is 10.9 Å². The van der Waals surface area contributed by atoms with Crippen LogP contribution < -0.4 is 0 Å². The van der Waals surface area contributed by atoms with Crippen LogP contribution in [0.25, 0.3) is 99.9 Å². The van der Waals surface area contributed by atoms with Gasteiger partial charge in [0.15, 0.2) is 17.5 Å². The van der Waals surface area contributed by atoms with Gasteiger partial charge in [-0.3, -0.25) is 4.98 Å². The first kappa shape index (κ1) is 29.0. The minimum atomic E-state index is 0.581. The van der Waals surface area contributed by atoms with Crippen molar-refractivity contribution in [2.75, 3.05) is 0 Å². The average Bonchev–Trinajstić information content (AvgIpc) is 3.58. The topological polar surface area (TPSA) is 64.7 Å². The fraction of sp³-hybridized carbons (Fsp3) is 0. The van der Waals surface area contributed by atoms with Gasteiger partial charge >= 0.3 is 0 Å². The van der Waals surface area contributed by atoms with E-state index in [9.17, 15) is 0 Å². The second kappa shape index (κ2) is 11.9. The molecule has 0 fully saturated rings. The molecule has 3 heterocycles. The molecule has 10 rings (SSSR count). The predicted molar refractivity (Wildman–Crippen MR) is 207 cm³/mol. The molecule has 0 aliphatic heterocycles. The number of rotatable bonds is 5. The highest BCUT2D eigenvalue weighted by molar-refractivity contribution is 6.18. The highest BCUT2D eigenvalue weighted by Gasteiger charge is 2.21. The van der Waals surface area contributed by atoms with Crippen molar-refractivity contribution >= 4 is 43.5 Å². The van der Waals surface area contributed by atoms with Crippen LogP contribution in [-0.2, 0) is 0 Å². The molecule has 51 heavy (non-hydrogen) atoms. The molecule has 10 aromatic rings. The molecule has 5 heteroatoms. The Morgan fingerprint density at radius 1 is 0.392 bits per heavy atom. The third-order valence-corrected chi connectivity index (χ3v) is 9.60. The zero-order chi connectivity index (χ0) is 33.7. The Morgan fingerprint density at radius 3 is 1.80 bits per heavy atom. The first-order valence-electron chi connectivity index (χ1n) is 17.0. The van der Waals surface area contributed by atoms with Gasteiger partial charge in [-0.05, 0) is 69.2 Å². The van der Waals surface area contributed by atoms with Gasteiger partial charge in [0, 0.05) is 50.8 Å². The fourth-order valence-electron chi connectivity index (χ4n) is 7.02. The summed E-state index contributed by atoms with van der Waals surface area (Å²) < 4.78 is 6.81. The summed E-state index contributed by atoms with van der Waals surface area (Å²) in [5.41, 5.74) is 8.71. The molecule has 5 nitrogen and oxygen atoms in total. The van der Waals surface area contributed by atoms with Crippen molar-refractivity contribution in [3.63, 3.8) is 0 Å². The molecule has 0 amide bonds. The van der Waals surface area contributed by atoms with Crippen molar-refractivity contribution in [1.82, 2.24) is 19.9 Å². The fourth-order valence-corrected chi connectivity index (χ4v) is 7.02. The summed E-state index contributed by atoms with van der Waals surface area (Å²) >= 11 is 0. The van der Waals surface area contributed by atoms with Crippen molar-refractivity contribution in [2.24, 2.45) is 0 Å². The van der Waals surface area contributed by atoms with E-state index in [0.717, 1.165) is 71.5 Å². The van der Waals surface area contributed by atoms with Gasteiger partial charge in [-0.1, -0.05) is 121 Å². The van der Waals surface area contributed by atoms with Crippen molar-refractivity contribution in [3.05, 3.63) is 170 Å². The summed E-state index contributed by atoms with van der Waals surface area (Å²) in [7, 11) is 0. The Labute approximate surface area is 293 Å². The Balaban J connectivity index is 1.22. The number of hydrogen-bond acceptors (Lipinski definition) is 5. The van der Waals surface area contributed by atoms with Gasteiger partial charge in [-0.15, -0.1) is 0 Å². The van der Waals surface area contributed by atoms with E-state index in [-0.39, 0.29) is 0 Å². The molecule has 238 valence electrons. The standard InChI is InChI=1S/C46H28N4O/c1-3-9-29(10-4-1)31-15-18-32(19-16-31)38-21-22-39(42-40-26-37-28-47-24-23-35(37)27-41(40)51-43(38)42)46-49-44(33-12-5-2-6-13-33)48-45(50-46)36-20-17-30-11-7-8-14-34(30)25-36/h1-28H. The van der Waals surface area contributed by atoms with Crippen LogP contribution in [0.1, 0.15) is 0 Å². The molecule has 0 radical (unpaired) electrons. The van der Waals surface area contributed by atoms with Crippen LogP contribution in [-0.4, -0.2) is 19.9 Å². The van der Waals surface area contributed by atoms with E-state index in [1.54, 1.807) is 0 Å². The summed E-state index contributed by atoms with van der Waals surface area (Å²) in [5.74, 6) is 1.80. The lowest BCUT2D eigenvalue weighted by Gasteiger charge is -2.11. The summed E-state index contributed by atoms with van der Waals surface area (Å²) in [6.07, 6.45) is 3.71. The Bertz CT molecular complexity index is 2900. The molecule has 0 saturated heterocycles. The van der Waals surface area contributed by atoms with Crippen LogP contribution in [0, 0.1) is 0 Å². The van der Waals surface area contributed by atoms with Gasteiger partial charge < -0.3 is 4.42 Å². The third kappa shape index (κ3) is 5.11. The third-order valence-electron chi connectivity index (χ3n) is 9.60. The number of benzene rings is 7. The monoisotopic (exact) mass is 652 g/mol. The maximum absolute atomic E-state index is 6.81. The van der Waals surface area contributed by atoms with Crippen LogP contribution in [0.3, 0.4) is 0 Å². The Morgan fingerprint density at radius 2 is 1.00 bits per heavy atom. The first-order chi connectivity index (χ1) is 25.2. The number of fused-ring (bicyclic) bond motifs is 5. The zero-order valence-electron chi connectivity index (χ0n) is 27.4. The lowest BCUT2D eigenvalue weighted by Crippen LogP contribution is -2.00. The molecule has 0 unspecified atom stereocenters. The lowest BCUT2D eigenvalue weighted by atomic mass is 9.96. The van der Waals surface area contributed by atoms with Gasteiger partial charge in [0.05, 0.1) is 0 Å². The maximum atomic E-state index is 6.81. The molecule has 0 saturated carbocycles. The van der Waals surface area contributed by atoms with E-state index in [2.05, 4.69) is 120 Å². The van der Waals surface area contributed by atoms with Gasteiger partial charge in [0.25, 0.3) is 0 Å². The van der Waals surface area contributed by atoms with E-state index in [4.69, 9.17) is 19.4 Å². The molecule has 7 aromatic carbocycles. The number of aromatic nitrogens is 4. The summed E-state index contributed by atoms with van der Waals surface area (Å²) in [4.78, 5) is 19.7.